The summed E-state index contributed by atoms with van der Waals surface area (Å²) in [5, 5.41) is 2.61. The predicted molar refractivity (Wildman–Crippen MR) is 57.0 cm³/mol. The predicted octanol–water partition coefficient (Wildman–Crippen LogP) is 0.989. The van der Waals surface area contributed by atoms with E-state index in [1.54, 1.807) is 19.1 Å². The van der Waals surface area contributed by atoms with Crippen LogP contribution in [0.5, 0.6) is 0 Å². The average molecular weight is 220 g/mol. The molecule has 16 heavy (non-hydrogen) atoms. The number of nitrogens with zero attached hydrogens (tertiary/aromatic N) is 1. The summed E-state index contributed by atoms with van der Waals surface area (Å²) >= 11 is 0. The van der Waals surface area contributed by atoms with Gasteiger partial charge in [-0.25, -0.2) is 0 Å². The number of amides is 1. The van der Waals surface area contributed by atoms with Crippen molar-refractivity contribution in [1.29, 1.82) is 0 Å². The topological polar surface area (TPSA) is 68.3 Å². The second kappa shape index (κ2) is 3.92. The van der Waals surface area contributed by atoms with Crippen LogP contribution in [0.25, 0.3) is 0 Å². The molecule has 84 valence electrons. The van der Waals surface area contributed by atoms with Gasteiger partial charge in [-0.2, -0.15) is 0 Å². The highest BCUT2D eigenvalue weighted by atomic mass is 16.5. The van der Waals surface area contributed by atoms with Crippen LogP contribution < -0.4 is 5.32 Å². The third-order valence-corrected chi connectivity index (χ3v) is 2.38. The highest BCUT2D eigenvalue weighted by molar-refractivity contribution is 6.14. The van der Waals surface area contributed by atoms with Gasteiger partial charge in [0.25, 0.3) is 0 Å². The molecule has 0 unspecified atom stereocenters. The van der Waals surface area contributed by atoms with Crippen molar-refractivity contribution in [2.45, 2.75) is 19.8 Å². The summed E-state index contributed by atoms with van der Waals surface area (Å²) in [5.41, 5.74) is 1.82. The summed E-state index contributed by atoms with van der Waals surface area (Å²) in [4.78, 5) is 27.4. The third kappa shape index (κ3) is 1.64. The monoisotopic (exact) mass is 220 g/mol. The van der Waals surface area contributed by atoms with E-state index in [1.807, 2.05) is 6.92 Å². The molecule has 1 aliphatic rings. The molecule has 5 nitrogen and oxygen atoms in total. The Morgan fingerprint density at radius 2 is 2.31 bits per heavy atom. The lowest BCUT2D eigenvalue weighted by Gasteiger charge is -2.07. The smallest absolute Gasteiger partial charge is 0.324 e. The van der Waals surface area contributed by atoms with Crippen LogP contribution in [0.2, 0.25) is 0 Å². The van der Waals surface area contributed by atoms with Gasteiger partial charge in [-0.3, -0.25) is 14.6 Å². The number of hydrogen-bond acceptors (Lipinski definition) is 4. The first-order chi connectivity index (χ1) is 7.63. The molecule has 1 aromatic heterocycles. The zero-order chi connectivity index (χ0) is 11.7. The Hall–Kier alpha value is -1.91. The molecule has 0 fully saturated rings. The van der Waals surface area contributed by atoms with E-state index in [9.17, 15) is 9.59 Å². The van der Waals surface area contributed by atoms with Crippen molar-refractivity contribution in [3.63, 3.8) is 0 Å². The van der Waals surface area contributed by atoms with E-state index >= 15 is 0 Å². The fourth-order valence-corrected chi connectivity index (χ4v) is 1.68. The molecule has 1 aliphatic heterocycles. The van der Waals surface area contributed by atoms with Gasteiger partial charge in [-0.15, -0.1) is 0 Å². The first-order valence-corrected chi connectivity index (χ1v) is 5.08. The van der Waals surface area contributed by atoms with Gasteiger partial charge in [0.05, 0.1) is 18.0 Å². The molecule has 2 rings (SSSR count). The molecule has 0 saturated carbocycles. The summed E-state index contributed by atoms with van der Waals surface area (Å²) in [6.45, 7) is 3.77. The lowest BCUT2D eigenvalue weighted by Crippen LogP contribution is -2.23. The number of esters is 1. The Kier molecular flexibility index (Phi) is 2.60. The minimum atomic E-state index is -0.921. The minimum Gasteiger partial charge on any atom is -0.465 e. The molecule has 5 heteroatoms. The number of anilines is 1. The number of pyridine rings is 1. The molecule has 0 bridgehead atoms. The Labute approximate surface area is 92.8 Å². The van der Waals surface area contributed by atoms with Crippen molar-refractivity contribution in [2.75, 3.05) is 11.9 Å². The number of aromatic nitrogens is 1. The van der Waals surface area contributed by atoms with Crippen molar-refractivity contribution < 1.29 is 14.3 Å². The van der Waals surface area contributed by atoms with Crippen LogP contribution in [-0.4, -0.2) is 23.5 Å². The van der Waals surface area contributed by atoms with Gasteiger partial charge in [-0.05, 0) is 26.0 Å². The molecule has 0 radical (unpaired) electrons. The molecular weight excluding hydrogens is 208 g/mol. The molecular formula is C11H12N2O3. The summed E-state index contributed by atoms with van der Waals surface area (Å²) in [7, 11) is 0. The Morgan fingerprint density at radius 1 is 1.56 bits per heavy atom. The number of carbonyl (C=O) groups excluding carboxylic acids is 2. The van der Waals surface area contributed by atoms with Gasteiger partial charge in [0, 0.05) is 5.69 Å². The van der Waals surface area contributed by atoms with Crippen LogP contribution in [-0.2, 0) is 14.3 Å². The molecule has 0 spiro atoms. The summed E-state index contributed by atoms with van der Waals surface area (Å²) in [6, 6.07) is 3.53. The van der Waals surface area contributed by atoms with Crippen molar-refractivity contribution >= 4 is 17.6 Å². The van der Waals surface area contributed by atoms with Crippen LogP contribution in [0.1, 0.15) is 24.2 Å². The van der Waals surface area contributed by atoms with Gasteiger partial charge in [0.15, 0.2) is 5.92 Å². The van der Waals surface area contributed by atoms with E-state index in [2.05, 4.69) is 10.3 Å². The van der Waals surface area contributed by atoms with E-state index in [0.29, 0.717) is 11.4 Å². The van der Waals surface area contributed by atoms with Crippen molar-refractivity contribution in [3.8, 4) is 0 Å². The van der Waals surface area contributed by atoms with Crippen LogP contribution in [0, 0.1) is 6.92 Å². The highest BCUT2D eigenvalue weighted by Gasteiger charge is 2.39. The van der Waals surface area contributed by atoms with Gasteiger partial charge in [0.2, 0.25) is 5.91 Å². The standard InChI is InChI=1S/C11H12N2O3/c1-3-16-11(15)8-9-7(13-10(8)14)5-4-6(2)12-9/h4-5,8H,3H2,1-2H3,(H,13,14)/t8-/m0/s1. The maximum atomic E-state index is 11.6. The molecule has 1 amide bonds. The Bertz CT molecular complexity index is 457. The van der Waals surface area contributed by atoms with Crippen LogP contribution in [0.4, 0.5) is 5.69 Å². The Morgan fingerprint density at radius 3 is 3.00 bits per heavy atom. The number of fused-ring (bicyclic) bond motifs is 1. The number of nitrogens with one attached hydrogen (secondary N) is 1. The number of rotatable bonds is 2. The minimum absolute atomic E-state index is 0.254. The molecule has 0 aromatic carbocycles. The fraction of sp³-hybridized carbons (Fsp3) is 0.364. The van der Waals surface area contributed by atoms with Crippen molar-refractivity contribution in [3.05, 3.63) is 23.5 Å². The number of hydrogen-bond donors (Lipinski definition) is 1. The van der Waals surface area contributed by atoms with Crippen LogP contribution >= 0.6 is 0 Å². The maximum Gasteiger partial charge on any atom is 0.324 e. The van der Waals surface area contributed by atoms with Gasteiger partial charge in [-0.1, -0.05) is 0 Å². The fourth-order valence-electron chi connectivity index (χ4n) is 1.68. The third-order valence-electron chi connectivity index (χ3n) is 2.38. The normalized spacial score (nSPS) is 17.9. The van der Waals surface area contributed by atoms with Crippen molar-refractivity contribution in [1.82, 2.24) is 4.98 Å². The second-order valence-electron chi connectivity index (χ2n) is 3.56. The quantitative estimate of drug-likeness (QED) is 0.596. The van der Waals surface area contributed by atoms with Crippen LogP contribution in [0.15, 0.2) is 12.1 Å². The largest absolute Gasteiger partial charge is 0.465 e. The maximum absolute atomic E-state index is 11.6. The molecule has 1 N–H and O–H groups in total. The molecule has 2 heterocycles. The number of ether oxygens (including phenoxy) is 1. The molecule has 0 saturated heterocycles. The average Bonchev–Trinajstić information content (AvgIpc) is 2.53. The molecule has 0 aliphatic carbocycles. The molecule has 1 aromatic rings. The highest BCUT2D eigenvalue weighted by Crippen LogP contribution is 2.31. The zero-order valence-electron chi connectivity index (χ0n) is 9.11. The van der Waals surface area contributed by atoms with Gasteiger partial charge in [0.1, 0.15) is 0 Å². The lowest BCUT2D eigenvalue weighted by molar-refractivity contribution is -0.147. The Balaban J connectivity index is 2.38. The second-order valence-corrected chi connectivity index (χ2v) is 3.56. The van der Waals surface area contributed by atoms with E-state index in [-0.39, 0.29) is 12.5 Å². The van der Waals surface area contributed by atoms with Gasteiger partial charge < -0.3 is 10.1 Å². The SMILES string of the molecule is CCOC(=O)[C@@H]1C(=O)Nc2ccc(C)nc21. The van der Waals surface area contributed by atoms with E-state index in [1.165, 1.54) is 0 Å². The number of aryl methyl sites for hydroxylation is 1. The van der Waals surface area contributed by atoms with Crippen LogP contribution in [0.3, 0.4) is 0 Å². The van der Waals surface area contributed by atoms with E-state index < -0.39 is 11.9 Å². The van der Waals surface area contributed by atoms with E-state index in [0.717, 1.165) is 5.69 Å². The van der Waals surface area contributed by atoms with E-state index in [4.69, 9.17) is 4.74 Å². The van der Waals surface area contributed by atoms with Crippen molar-refractivity contribution in [2.24, 2.45) is 0 Å². The molecule has 1 atom stereocenters. The summed E-state index contributed by atoms with van der Waals surface area (Å²) in [5.74, 6) is -1.83. The number of carbonyl (C=O) groups is 2. The zero-order valence-corrected chi connectivity index (χ0v) is 9.11. The lowest BCUT2D eigenvalue weighted by atomic mass is 10.1. The first-order valence-electron chi connectivity index (χ1n) is 5.08. The summed E-state index contributed by atoms with van der Waals surface area (Å²) < 4.78 is 4.85. The first kappa shape index (κ1) is 10.6. The summed E-state index contributed by atoms with van der Waals surface area (Å²) in [6.07, 6.45) is 0. The van der Waals surface area contributed by atoms with Gasteiger partial charge >= 0.3 is 5.97 Å².